The molecule has 0 aliphatic carbocycles. The minimum atomic E-state index is -0.985. The van der Waals surface area contributed by atoms with Gasteiger partial charge in [-0.15, -0.1) is 0 Å². The van der Waals surface area contributed by atoms with E-state index in [9.17, 15) is 13.8 Å². The van der Waals surface area contributed by atoms with Gasteiger partial charge in [0.25, 0.3) is 0 Å². The average Bonchev–Trinajstić information content (AvgIpc) is 2.33. The Hall–Kier alpha value is -1.11. The quantitative estimate of drug-likeness (QED) is 0.675. The Morgan fingerprint density at radius 1 is 1.35 bits per heavy atom. The van der Waals surface area contributed by atoms with Crippen LogP contribution in [0, 0.1) is 0 Å². The third-order valence-electron chi connectivity index (χ3n) is 2.00. The summed E-state index contributed by atoms with van der Waals surface area (Å²) < 4.78 is 20.5. The van der Waals surface area contributed by atoms with Crippen molar-refractivity contribution in [1.29, 1.82) is 0 Å². The Morgan fingerprint density at radius 2 is 2.00 bits per heavy atom. The zero-order chi connectivity index (χ0) is 13.3. The molecule has 1 unspecified atom stereocenters. The summed E-state index contributed by atoms with van der Waals surface area (Å²) in [5.74, 6) is 0.323. The molecule has 2 atom stereocenters. The lowest BCUT2D eigenvalue weighted by Crippen LogP contribution is -2.42. The average molecular weight is 265 g/mol. The first-order valence-corrected chi connectivity index (χ1v) is 6.90. The number of methoxy groups -OCH3 is 1. The standard InChI is InChI=1S/C10H19NO5S/c1-4-16-9(12)8(11-10(13)15-3)6-7-17(14)5-2/h8H,4-7H2,1-3H3,(H,11,13)/t8-,17?/m0/s1. The molecule has 1 amide bonds. The van der Waals surface area contributed by atoms with E-state index in [0.717, 1.165) is 0 Å². The number of alkyl carbamates (subject to hydrolysis) is 1. The van der Waals surface area contributed by atoms with Gasteiger partial charge in [-0.1, -0.05) is 6.92 Å². The van der Waals surface area contributed by atoms with Gasteiger partial charge in [-0.3, -0.25) is 4.21 Å². The van der Waals surface area contributed by atoms with E-state index in [1.807, 2.05) is 0 Å². The first kappa shape index (κ1) is 15.9. The predicted octanol–water partition coefficient (Wildman–Crippen LogP) is 0.433. The number of rotatable bonds is 7. The Kier molecular flexibility index (Phi) is 8.39. The van der Waals surface area contributed by atoms with Crippen molar-refractivity contribution >= 4 is 22.9 Å². The fraction of sp³-hybridized carbons (Fsp3) is 0.800. The van der Waals surface area contributed by atoms with Gasteiger partial charge in [-0.2, -0.15) is 0 Å². The fourth-order valence-corrected chi connectivity index (χ4v) is 1.87. The normalized spacial score (nSPS) is 13.6. The van der Waals surface area contributed by atoms with Crippen LogP contribution in [-0.4, -0.2) is 47.5 Å². The Bertz CT molecular complexity index is 282. The van der Waals surface area contributed by atoms with Crippen molar-refractivity contribution in [2.45, 2.75) is 26.3 Å². The number of hydrogen-bond donors (Lipinski definition) is 1. The maximum absolute atomic E-state index is 11.5. The molecular weight excluding hydrogens is 246 g/mol. The smallest absolute Gasteiger partial charge is 0.407 e. The van der Waals surface area contributed by atoms with Crippen LogP contribution in [0.4, 0.5) is 4.79 Å². The molecule has 0 heterocycles. The van der Waals surface area contributed by atoms with Gasteiger partial charge in [-0.05, 0) is 13.3 Å². The Labute approximate surface area is 103 Å². The summed E-state index contributed by atoms with van der Waals surface area (Å²) in [7, 11) is 0.225. The summed E-state index contributed by atoms with van der Waals surface area (Å²) in [5, 5.41) is 2.36. The molecule has 0 rings (SSSR count). The highest BCUT2D eigenvalue weighted by molar-refractivity contribution is 7.84. The molecule has 0 aliphatic heterocycles. The molecule has 17 heavy (non-hydrogen) atoms. The van der Waals surface area contributed by atoms with Crippen molar-refractivity contribution in [3.63, 3.8) is 0 Å². The van der Waals surface area contributed by atoms with Gasteiger partial charge in [-0.25, -0.2) is 9.59 Å². The van der Waals surface area contributed by atoms with Crippen LogP contribution in [0.2, 0.25) is 0 Å². The van der Waals surface area contributed by atoms with E-state index >= 15 is 0 Å². The monoisotopic (exact) mass is 265 g/mol. The molecule has 6 nitrogen and oxygen atoms in total. The van der Waals surface area contributed by atoms with Crippen molar-refractivity contribution in [1.82, 2.24) is 5.32 Å². The predicted molar refractivity (Wildman–Crippen MR) is 64.1 cm³/mol. The number of carbonyl (C=O) groups is 2. The van der Waals surface area contributed by atoms with E-state index < -0.39 is 28.9 Å². The Balaban J connectivity index is 4.34. The number of ether oxygens (including phenoxy) is 2. The van der Waals surface area contributed by atoms with Gasteiger partial charge in [0.05, 0.1) is 13.7 Å². The van der Waals surface area contributed by atoms with Crippen LogP contribution in [-0.2, 0) is 25.1 Å². The molecular formula is C10H19NO5S. The van der Waals surface area contributed by atoms with Crippen LogP contribution in [0.3, 0.4) is 0 Å². The molecule has 0 aliphatic rings. The van der Waals surface area contributed by atoms with Crippen LogP contribution < -0.4 is 5.32 Å². The second kappa shape index (κ2) is 8.98. The van der Waals surface area contributed by atoms with E-state index in [4.69, 9.17) is 4.74 Å². The van der Waals surface area contributed by atoms with E-state index in [1.165, 1.54) is 7.11 Å². The van der Waals surface area contributed by atoms with E-state index in [-0.39, 0.29) is 13.0 Å². The van der Waals surface area contributed by atoms with Gasteiger partial charge in [0.1, 0.15) is 6.04 Å². The number of esters is 1. The van der Waals surface area contributed by atoms with Gasteiger partial charge >= 0.3 is 12.1 Å². The second-order valence-electron chi connectivity index (χ2n) is 3.16. The summed E-state index contributed by atoms with van der Waals surface area (Å²) in [6.07, 6.45) is -0.431. The maximum Gasteiger partial charge on any atom is 0.407 e. The molecule has 0 saturated carbocycles. The van der Waals surface area contributed by atoms with Crippen LogP contribution in [0.25, 0.3) is 0 Å². The third kappa shape index (κ3) is 6.93. The largest absolute Gasteiger partial charge is 0.464 e. The molecule has 100 valence electrons. The van der Waals surface area contributed by atoms with Crippen molar-refractivity contribution in [2.24, 2.45) is 0 Å². The maximum atomic E-state index is 11.5. The lowest BCUT2D eigenvalue weighted by atomic mass is 10.2. The Morgan fingerprint density at radius 3 is 2.47 bits per heavy atom. The van der Waals surface area contributed by atoms with Crippen molar-refractivity contribution < 1.29 is 23.3 Å². The minimum Gasteiger partial charge on any atom is -0.464 e. The molecule has 0 fully saturated rings. The van der Waals surface area contributed by atoms with Crippen LogP contribution in [0.15, 0.2) is 0 Å². The lowest BCUT2D eigenvalue weighted by Gasteiger charge is -2.15. The van der Waals surface area contributed by atoms with Crippen LogP contribution in [0.5, 0.6) is 0 Å². The number of amides is 1. The summed E-state index contributed by atoms with van der Waals surface area (Å²) in [5.41, 5.74) is 0. The number of carbonyl (C=O) groups excluding carboxylic acids is 2. The molecule has 7 heteroatoms. The second-order valence-corrected chi connectivity index (χ2v) is 5.03. The van der Waals surface area contributed by atoms with E-state index in [0.29, 0.717) is 11.5 Å². The van der Waals surface area contributed by atoms with E-state index in [1.54, 1.807) is 13.8 Å². The first-order valence-electron chi connectivity index (χ1n) is 5.41. The van der Waals surface area contributed by atoms with Gasteiger partial charge in [0.2, 0.25) is 0 Å². The molecule has 0 spiro atoms. The molecule has 0 aromatic carbocycles. The number of nitrogens with one attached hydrogen (secondary N) is 1. The highest BCUT2D eigenvalue weighted by Gasteiger charge is 2.22. The summed E-state index contributed by atoms with van der Waals surface area (Å²) in [6, 6.07) is -0.808. The molecule has 1 N–H and O–H groups in total. The summed E-state index contributed by atoms with van der Waals surface area (Å²) in [6.45, 7) is 3.70. The molecule has 0 saturated heterocycles. The SMILES string of the molecule is CCOC(=O)[C@H](CCS(=O)CC)NC(=O)OC. The zero-order valence-electron chi connectivity index (χ0n) is 10.4. The van der Waals surface area contributed by atoms with Crippen LogP contribution in [0.1, 0.15) is 20.3 Å². The van der Waals surface area contributed by atoms with Gasteiger partial charge in [0.15, 0.2) is 0 Å². The zero-order valence-corrected chi connectivity index (χ0v) is 11.2. The lowest BCUT2D eigenvalue weighted by molar-refractivity contribution is -0.145. The van der Waals surface area contributed by atoms with E-state index in [2.05, 4.69) is 10.1 Å². The minimum absolute atomic E-state index is 0.231. The molecule has 0 aromatic rings. The molecule has 0 aromatic heterocycles. The fourth-order valence-electron chi connectivity index (χ4n) is 1.09. The first-order chi connectivity index (χ1) is 8.04. The number of hydrogen-bond acceptors (Lipinski definition) is 5. The van der Waals surface area contributed by atoms with Gasteiger partial charge in [0, 0.05) is 22.3 Å². The highest BCUT2D eigenvalue weighted by Crippen LogP contribution is 1.99. The summed E-state index contributed by atoms with van der Waals surface area (Å²) >= 11 is 0. The van der Waals surface area contributed by atoms with Crippen molar-refractivity contribution in [2.75, 3.05) is 25.2 Å². The molecule has 0 radical (unpaired) electrons. The van der Waals surface area contributed by atoms with Gasteiger partial charge < -0.3 is 14.8 Å². The topological polar surface area (TPSA) is 81.7 Å². The summed E-state index contributed by atoms with van der Waals surface area (Å²) in [4.78, 5) is 22.5. The third-order valence-corrected chi connectivity index (χ3v) is 3.34. The van der Waals surface area contributed by atoms with Crippen molar-refractivity contribution in [3.05, 3.63) is 0 Å². The van der Waals surface area contributed by atoms with Crippen LogP contribution >= 0.6 is 0 Å². The molecule has 0 bridgehead atoms. The highest BCUT2D eigenvalue weighted by atomic mass is 32.2. The van der Waals surface area contributed by atoms with Crippen molar-refractivity contribution in [3.8, 4) is 0 Å².